The Labute approximate surface area is 157 Å². The highest BCUT2D eigenvalue weighted by Crippen LogP contribution is 2.29. The predicted molar refractivity (Wildman–Crippen MR) is 91.0 cm³/mol. The van der Waals surface area contributed by atoms with Crippen LogP contribution in [0.25, 0.3) is 0 Å². The number of aryl methyl sites for hydroxylation is 2. The summed E-state index contributed by atoms with van der Waals surface area (Å²) in [5, 5.41) is 12.4. The van der Waals surface area contributed by atoms with Crippen molar-refractivity contribution in [2.45, 2.75) is 38.0 Å². The lowest BCUT2D eigenvalue weighted by molar-refractivity contribution is -0.120. The highest BCUT2D eigenvalue weighted by molar-refractivity contribution is 7.89. The number of rotatable bonds is 5. The average molecular weight is 421 g/mol. The maximum Gasteiger partial charge on any atom is 0.291 e. The average Bonchev–Trinajstić information content (AvgIpc) is 3.22. The Morgan fingerprint density at radius 1 is 1.37 bits per heavy atom. The minimum Gasteiger partial charge on any atom is -0.360 e. The van der Waals surface area contributed by atoms with Gasteiger partial charge in [-0.1, -0.05) is 16.5 Å². The number of nitrogens with one attached hydrogen (secondary N) is 1. The molecule has 3 rings (SSSR count). The summed E-state index contributed by atoms with van der Waals surface area (Å²) in [6.45, 7) is 3.29. The number of halogens is 2. The molecule has 0 saturated carbocycles. The van der Waals surface area contributed by atoms with E-state index in [-0.39, 0.29) is 34.6 Å². The first-order chi connectivity index (χ1) is 12.7. The summed E-state index contributed by atoms with van der Waals surface area (Å²) in [5.74, 6) is -0.925. The van der Waals surface area contributed by atoms with Crippen molar-refractivity contribution in [3.63, 3.8) is 0 Å². The minimum atomic E-state index is -3.85. The third-order valence-electron chi connectivity index (χ3n) is 4.18. The van der Waals surface area contributed by atoms with Gasteiger partial charge in [-0.25, -0.2) is 17.2 Å². The van der Waals surface area contributed by atoms with Crippen LogP contribution < -0.4 is 5.32 Å². The van der Waals surface area contributed by atoms with Crippen LogP contribution in [0.1, 0.15) is 35.7 Å². The SMILES string of the molecule is Cc1noc(C)c1S(=O)(=O)N1CCCC(C(=O)Nc2nnc(C(F)F)s2)C1. The van der Waals surface area contributed by atoms with Crippen LogP contribution in [0.15, 0.2) is 9.42 Å². The van der Waals surface area contributed by atoms with Gasteiger partial charge in [0.2, 0.25) is 21.1 Å². The highest BCUT2D eigenvalue weighted by Gasteiger charge is 2.36. The summed E-state index contributed by atoms with van der Waals surface area (Å²) in [7, 11) is -3.85. The summed E-state index contributed by atoms with van der Waals surface area (Å²) in [4.78, 5) is 12.4. The molecule has 1 amide bonds. The molecule has 1 saturated heterocycles. The van der Waals surface area contributed by atoms with Gasteiger partial charge in [-0.15, -0.1) is 10.2 Å². The lowest BCUT2D eigenvalue weighted by atomic mass is 9.99. The fourth-order valence-electron chi connectivity index (χ4n) is 2.93. The minimum absolute atomic E-state index is 0.00857. The van der Waals surface area contributed by atoms with Crippen molar-refractivity contribution in [3.8, 4) is 0 Å². The fraction of sp³-hybridized carbons (Fsp3) is 0.571. The van der Waals surface area contributed by atoms with Crippen molar-refractivity contribution < 1.29 is 26.5 Å². The first-order valence-corrected chi connectivity index (χ1v) is 10.3. The molecular weight excluding hydrogens is 404 g/mol. The maximum atomic E-state index is 12.9. The van der Waals surface area contributed by atoms with Gasteiger partial charge in [0, 0.05) is 13.1 Å². The zero-order valence-corrected chi connectivity index (χ0v) is 16.1. The van der Waals surface area contributed by atoms with E-state index in [0.29, 0.717) is 24.2 Å². The third-order valence-corrected chi connectivity index (χ3v) is 7.13. The lowest BCUT2D eigenvalue weighted by Gasteiger charge is -2.30. The van der Waals surface area contributed by atoms with Crippen LogP contribution in [0, 0.1) is 19.8 Å². The van der Waals surface area contributed by atoms with E-state index in [4.69, 9.17) is 4.52 Å². The fourth-order valence-corrected chi connectivity index (χ4v) is 5.34. The van der Waals surface area contributed by atoms with Gasteiger partial charge in [0.1, 0.15) is 10.6 Å². The number of amides is 1. The van der Waals surface area contributed by atoms with E-state index in [1.807, 2.05) is 0 Å². The van der Waals surface area contributed by atoms with E-state index in [0.717, 1.165) is 0 Å². The van der Waals surface area contributed by atoms with Crippen LogP contribution in [-0.2, 0) is 14.8 Å². The lowest BCUT2D eigenvalue weighted by Crippen LogP contribution is -2.43. The van der Waals surface area contributed by atoms with Crippen LogP contribution in [0.5, 0.6) is 0 Å². The van der Waals surface area contributed by atoms with Crippen LogP contribution in [0.2, 0.25) is 0 Å². The number of aromatic nitrogens is 3. The molecule has 148 valence electrons. The summed E-state index contributed by atoms with van der Waals surface area (Å²) < 4.78 is 57.1. The van der Waals surface area contributed by atoms with E-state index in [1.54, 1.807) is 0 Å². The molecular formula is C14H17F2N5O4S2. The number of hydrogen-bond acceptors (Lipinski definition) is 8. The Balaban J connectivity index is 1.72. The quantitative estimate of drug-likeness (QED) is 0.785. The molecule has 1 atom stereocenters. The Hall–Kier alpha value is -1.99. The van der Waals surface area contributed by atoms with E-state index in [9.17, 15) is 22.0 Å². The number of carbonyl (C=O) groups is 1. The second-order valence-corrected chi connectivity index (χ2v) is 8.97. The molecule has 1 fully saturated rings. The molecule has 2 aromatic rings. The predicted octanol–water partition coefficient (Wildman–Crippen LogP) is 2.12. The van der Waals surface area contributed by atoms with Gasteiger partial charge in [0.25, 0.3) is 6.43 Å². The maximum absolute atomic E-state index is 12.9. The smallest absolute Gasteiger partial charge is 0.291 e. The normalized spacial score (nSPS) is 18.8. The molecule has 3 heterocycles. The molecule has 13 heteroatoms. The standard InChI is InChI=1S/C14H17F2N5O4S2/c1-7-10(8(2)25-20-7)27(23,24)21-5-3-4-9(6-21)12(22)17-14-19-18-13(26-14)11(15)16/h9,11H,3-6H2,1-2H3,(H,17,19,22). The van der Waals surface area contributed by atoms with Crippen LogP contribution in [0.4, 0.5) is 13.9 Å². The molecule has 0 aliphatic carbocycles. The molecule has 0 radical (unpaired) electrons. The zero-order chi connectivity index (χ0) is 19.8. The van der Waals surface area contributed by atoms with Gasteiger partial charge < -0.3 is 9.84 Å². The van der Waals surface area contributed by atoms with Crippen molar-refractivity contribution in [1.82, 2.24) is 19.7 Å². The summed E-state index contributed by atoms with van der Waals surface area (Å²) in [6, 6.07) is 0. The monoisotopic (exact) mass is 421 g/mol. The number of piperidine rings is 1. The van der Waals surface area contributed by atoms with Crippen molar-refractivity contribution >= 4 is 32.4 Å². The second-order valence-electron chi connectivity index (χ2n) is 6.09. The highest BCUT2D eigenvalue weighted by atomic mass is 32.2. The van der Waals surface area contributed by atoms with Crippen LogP contribution in [0.3, 0.4) is 0 Å². The largest absolute Gasteiger partial charge is 0.360 e. The molecule has 1 aliphatic rings. The molecule has 27 heavy (non-hydrogen) atoms. The van der Waals surface area contributed by atoms with Crippen LogP contribution in [-0.4, -0.2) is 47.1 Å². The molecule has 0 aromatic carbocycles. The molecule has 0 bridgehead atoms. The summed E-state index contributed by atoms with van der Waals surface area (Å²) >= 11 is 0.585. The van der Waals surface area contributed by atoms with Gasteiger partial charge in [0.15, 0.2) is 10.8 Å². The Bertz CT molecular complexity index is 924. The van der Waals surface area contributed by atoms with Gasteiger partial charge in [-0.05, 0) is 26.7 Å². The van der Waals surface area contributed by atoms with Crippen molar-refractivity contribution in [2.24, 2.45) is 5.92 Å². The number of alkyl halides is 2. The van der Waals surface area contributed by atoms with Crippen LogP contribution >= 0.6 is 11.3 Å². The number of anilines is 1. The van der Waals surface area contributed by atoms with Gasteiger partial charge in [-0.2, -0.15) is 4.31 Å². The summed E-state index contributed by atoms with van der Waals surface area (Å²) in [6.07, 6.45) is -1.81. The zero-order valence-electron chi connectivity index (χ0n) is 14.5. The Kier molecular flexibility index (Phi) is 5.53. The molecule has 1 N–H and O–H groups in total. The molecule has 2 aromatic heterocycles. The van der Waals surface area contributed by atoms with Gasteiger partial charge >= 0.3 is 0 Å². The Morgan fingerprint density at radius 3 is 2.70 bits per heavy atom. The topological polar surface area (TPSA) is 118 Å². The first kappa shape index (κ1) is 19.8. The van der Waals surface area contributed by atoms with E-state index in [2.05, 4.69) is 20.7 Å². The van der Waals surface area contributed by atoms with Crippen molar-refractivity contribution in [3.05, 3.63) is 16.5 Å². The third kappa shape index (κ3) is 3.99. The Morgan fingerprint density at radius 2 is 2.11 bits per heavy atom. The number of carbonyl (C=O) groups excluding carboxylic acids is 1. The van der Waals surface area contributed by atoms with Gasteiger partial charge in [0.05, 0.1) is 5.92 Å². The molecule has 9 nitrogen and oxygen atoms in total. The van der Waals surface area contributed by atoms with E-state index < -0.39 is 33.3 Å². The van der Waals surface area contributed by atoms with E-state index >= 15 is 0 Å². The van der Waals surface area contributed by atoms with Crippen molar-refractivity contribution in [1.29, 1.82) is 0 Å². The van der Waals surface area contributed by atoms with E-state index in [1.165, 1.54) is 18.2 Å². The molecule has 0 spiro atoms. The molecule has 1 unspecified atom stereocenters. The van der Waals surface area contributed by atoms with Gasteiger partial charge in [-0.3, -0.25) is 4.79 Å². The first-order valence-electron chi connectivity index (χ1n) is 8.05. The number of sulfonamides is 1. The second kappa shape index (κ2) is 7.56. The summed E-state index contributed by atoms with van der Waals surface area (Å²) in [5.41, 5.74) is 0.257. The molecule has 1 aliphatic heterocycles. The number of nitrogens with zero attached hydrogens (tertiary/aromatic N) is 4. The number of hydrogen-bond donors (Lipinski definition) is 1. The van der Waals surface area contributed by atoms with Crippen molar-refractivity contribution in [2.75, 3.05) is 18.4 Å².